The Bertz CT molecular complexity index is 920. The van der Waals surface area contributed by atoms with E-state index >= 15 is 0 Å². The summed E-state index contributed by atoms with van der Waals surface area (Å²) in [6, 6.07) is 0. The highest BCUT2D eigenvalue weighted by Crippen LogP contribution is 2.38. The molecule has 1 fully saturated rings. The molecule has 2 aromatic heterocycles. The van der Waals surface area contributed by atoms with Crippen LogP contribution >= 0.6 is 0 Å². The lowest BCUT2D eigenvalue weighted by Gasteiger charge is -2.25. The fourth-order valence-corrected chi connectivity index (χ4v) is 2.72. The van der Waals surface area contributed by atoms with Gasteiger partial charge in [-0.3, -0.25) is 9.36 Å². The highest BCUT2D eigenvalue weighted by atomic mass is 16.6. The minimum absolute atomic E-state index is 0.00709. The van der Waals surface area contributed by atoms with Crippen LogP contribution in [0.25, 0.3) is 11.2 Å². The molecule has 0 spiro atoms. The molecule has 0 unspecified atom stereocenters. The summed E-state index contributed by atoms with van der Waals surface area (Å²) in [5.74, 6) is 3.71. The fourth-order valence-electron chi connectivity index (χ4n) is 2.72. The third kappa shape index (κ3) is 2.55. The van der Waals surface area contributed by atoms with Crippen LogP contribution in [-0.4, -0.2) is 76.9 Å². The van der Waals surface area contributed by atoms with Crippen LogP contribution in [0.3, 0.4) is 0 Å². The molecule has 138 valence electrons. The number of nitrogen functional groups attached to an aromatic ring is 1. The lowest BCUT2D eigenvalue weighted by molar-refractivity contribution is -0.163. The fraction of sp³-hybridized carbons (Fsp3) is 0.429. The predicted octanol–water partition coefficient (Wildman–Crippen LogP) is -3.78. The molecule has 1 amide bonds. The number of aliphatic hydroxyl groups is 4. The highest BCUT2D eigenvalue weighted by Gasteiger charge is 2.58. The van der Waals surface area contributed by atoms with E-state index in [4.69, 9.17) is 21.3 Å². The van der Waals surface area contributed by atoms with E-state index in [0.29, 0.717) is 0 Å². The first kappa shape index (κ1) is 18.0. The van der Waals surface area contributed by atoms with Crippen molar-refractivity contribution in [1.82, 2.24) is 19.5 Å². The van der Waals surface area contributed by atoms with E-state index in [1.807, 2.05) is 0 Å². The Balaban J connectivity index is 2.11. The Morgan fingerprint density at radius 2 is 2.12 bits per heavy atom. The van der Waals surface area contributed by atoms with Crippen molar-refractivity contribution in [2.45, 2.75) is 24.0 Å². The molecule has 1 aliphatic rings. The second-order valence-electron chi connectivity index (χ2n) is 5.57. The van der Waals surface area contributed by atoms with E-state index in [9.17, 15) is 20.1 Å². The SMILES string of the molecule is NC(=O)[C@]1(CO)O[C@@H](n2cnc3c(N)nc(C#CCO)nc32)[C@H](O)[C@@H]1O. The summed E-state index contributed by atoms with van der Waals surface area (Å²) >= 11 is 0. The van der Waals surface area contributed by atoms with Gasteiger partial charge >= 0.3 is 0 Å². The van der Waals surface area contributed by atoms with E-state index < -0.39 is 43.2 Å². The molecular weight excluding hydrogens is 348 g/mol. The van der Waals surface area contributed by atoms with Crippen molar-refractivity contribution < 1.29 is 30.0 Å². The van der Waals surface area contributed by atoms with Gasteiger partial charge in [0.2, 0.25) is 5.82 Å². The summed E-state index contributed by atoms with van der Waals surface area (Å²) < 4.78 is 6.63. The van der Waals surface area contributed by atoms with Crippen molar-refractivity contribution in [2.75, 3.05) is 18.9 Å². The molecule has 2 aromatic rings. The zero-order chi connectivity index (χ0) is 19.1. The molecule has 0 aliphatic carbocycles. The first-order valence-corrected chi connectivity index (χ1v) is 7.40. The number of imidazole rings is 1. The second kappa shape index (κ2) is 6.48. The van der Waals surface area contributed by atoms with Crippen molar-refractivity contribution in [1.29, 1.82) is 0 Å². The Kier molecular flexibility index (Phi) is 4.48. The van der Waals surface area contributed by atoms with Gasteiger partial charge in [-0.2, -0.15) is 0 Å². The van der Waals surface area contributed by atoms with Gasteiger partial charge in [-0.1, -0.05) is 5.92 Å². The van der Waals surface area contributed by atoms with Crippen LogP contribution in [0.2, 0.25) is 0 Å². The summed E-state index contributed by atoms with van der Waals surface area (Å²) in [4.78, 5) is 23.7. The summed E-state index contributed by atoms with van der Waals surface area (Å²) in [5.41, 5.74) is 9.12. The molecule has 1 aliphatic heterocycles. The van der Waals surface area contributed by atoms with Crippen LogP contribution in [0, 0.1) is 11.8 Å². The number of fused-ring (bicyclic) bond motifs is 1. The van der Waals surface area contributed by atoms with E-state index in [2.05, 4.69) is 26.8 Å². The van der Waals surface area contributed by atoms with Gasteiger partial charge in [-0.15, -0.1) is 0 Å². The van der Waals surface area contributed by atoms with Crippen molar-refractivity contribution in [3.63, 3.8) is 0 Å². The Morgan fingerprint density at radius 1 is 1.38 bits per heavy atom. The normalized spacial score (nSPS) is 28.1. The van der Waals surface area contributed by atoms with Crippen LogP contribution in [0.1, 0.15) is 12.1 Å². The molecule has 26 heavy (non-hydrogen) atoms. The summed E-state index contributed by atoms with van der Waals surface area (Å²) in [6.07, 6.45) is -3.51. The second-order valence-corrected chi connectivity index (χ2v) is 5.57. The van der Waals surface area contributed by atoms with Crippen molar-refractivity contribution in [3.05, 3.63) is 12.2 Å². The molecule has 1 saturated heterocycles. The number of primary amides is 1. The number of aliphatic hydroxyl groups excluding tert-OH is 4. The van der Waals surface area contributed by atoms with E-state index in [0.717, 1.165) is 0 Å². The molecule has 0 saturated carbocycles. The summed E-state index contributed by atoms with van der Waals surface area (Å²) in [7, 11) is 0. The molecular formula is C14H16N6O6. The Hall–Kier alpha value is -2.82. The summed E-state index contributed by atoms with van der Waals surface area (Å²) in [5, 5.41) is 38.7. The average Bonchev–Trinajstić information content (AvgIpc) is 3.14. The maximum absolute atomic E-state index is 11.7. The van der Waals surface area contributed by atoms with Crippen molar-refractivity contribution in [3.8, 4) is 11.8 Å². The Labute approximate surface area is 146 Å². The van der Waals surface area contributed by atoms with Crippen LogP contribution in [0.5, 0.6) is 0 Å². The maximum Gasteiger partial charge on any atom is 0.255 e. The number of ether oxygens (including phenoxy) is 1. The molecule has 12 heteroatoms. The van der Waals surface area contributed by atoms with E-state index in [1.54, 1.807) is 0 Å². The zero-order valence-electron chi connectivity index (χ0n) is 13.3. The Morgan fingerprint density at radius 3 is 2.69 bits per heavy atom. The standard InChI is InChI=1S/C14H16N6O6/c15-10-7-11(19-6(18-10)2-1-3-21)20(5-17-7)12-8(23)9(24)14(4-22,26-12)13(16)25/h5,8-9,12,21-24H,3-4H2,(H2,16,25)(H2,15,18,19)/t8-,9+,12-,14-/m1/s1. The minimum atomic E-state index is -2.18. The lowest BCUT2D eigenvalue weighted by atomic mass is 9.95. The van der Waals surface area contributed by atoms with Gasteiger partial charge in [0.1, 0.15) is 24.3 Å². The highest BCUT2D eigenvalue weighted by molar-refractivity contribution is 5.85. The summed E-state index contributed by atoms with van der Waals surface area (Å²) in [6.45, 7) is -1.34. The molecule has 3 rings (SSSR count). The first-order chi connectivity index (χ1) is 12.4. The molecule has 0 bridgehead atoms. The van der Waals surface area contributed by atoms with Gasteiger partial charge in [-0.05, 0) is 5.92 Å². The van der Waals surface area contributed by atoms with Gasteiger partial charge in [0.15, 0.2) is 23.3 Å². The van der Waals surface area contributed by atoms with Gasteiger partial charge in [0, 0.05) is 0 Å². The number of hydrogen-bond donors (Lipinski definition) is 6. The molecule has 4 atom stereocenters. The minimum Gasteiger partial charge on any atom is -0.393 e. The molecule has 0 aromatic carbocycles. The van der Waals surface area contributed by atoms with E-state index in [-0.39, 0.29) is 22.8 Å². The van der Waals surface area contributed by atoms with Gasteiger partial charge in [0.05, 0.1) is 12.9 Å². The number of nitrogens with two attached hydrogens (primary N) is 2. The maximum atomic E-state index is 11.7. The quantitative estimate of drug-likeness (QED) is 0.293. The number of aromatic nitrogens is 4. The van der Waals surface area contributed by atoms with Crippen LogP contribution in [0.15, 0.2) is 6.33 Å². The number of nitrogens with zero attached hydrogens (tertiary/aromatic N) is 4. The van der Waals surface area contributed by atoms with Crippen LogP contribution in [0.4, 0.5) is 5.82 Å². The van der Waals surface area contributed by atoms with Crippen LogP contribution < -0.4 is 11.5 Å². The first-order valence-electron chi connectivity index (χ1n) is 7.40. The van der Waals surface area contributed by atoms with Crippen molar-refractivity contribution >= 4 is 22.9 Å². The number of carbonyl (C=O) groups excluding carboxylic acids is 1. The van der Waals surface area contributed by atoms with E-state index in [1.165, 1.54) is 10.9 Å². The third-order valence-corrected chi connectivity index (χ3v) is 4.08. The van der Waals surface area contributed by atoms with Gasteiger partial charge in [0.25, 0.3) is 5.91 Å². The van der Waals surface area contributed by atoms with Crippen LogP contribution in [-0.2, 0) is 9.53 Å². The van der Waals surface area contributed by atoms with Crippen molar-refractivity contribution in [2.24, 2.45) is 5.73 Å². The average molecular weight is 364 g/mol. The number of carbonyl (C=O) groups is 1. The van der Waals surface area contributed by atoms with Gasteiger partial charge in [-0.25, -0.2) is 15.0 Å². The smallest absolute Gasteiger partial charge is 0.255 e. The monoisotopic (exact) mass is 364 g/mol. The number of rotatable bonds is 3. The molecule has 12 nitrogen and oxygen atoms in total. The number of amides is 1. The zero-order valence-corrected chi connectivity index (χ0v) is 13.3. The lowest BCUT2D eigenvalue weighted by Crippen LogP contribution is -2.56. The molecule has 0 radical (unpaired) electrons. The topological polar surface area (TPSA) is 203 Å². The number of hydrogen-bond acceptors (Lipinski definition) is 10. The molecule has 8 N–H and O–H groups in total. The van der Waals surface area contributed by atoms with Gasteiger partial charge < -0.3 is 36.6 Å². The molecule has 3 heterocycles. The largest absolute Gasteiger partial charge is 0.393 e. The number of anilines is 1. The predicted molar refractivity (Wildman–Crippen MR) is 84.8 cm³/mol. The third-order valence-electron chi connectivity index (χ3n) is 4.08.